The third-order valence-corrected chi connectivity index (χ3v) is 5.56. The molecule has 1 unspecified atom stereocenters. The summed E-state index contributed by atoms with van der Waals surface area (Å²) in [6.45, 7) is 0.879. The van der Waals surface area contributed by atoms with Crippen LogP contribution in [0.2, 0.25) is 0 Å². The van der Waals surface area contributed by atoms with Gasteiger partial charge in [0.05, 0.1) is 18.1 Å². The second kappa shape index (κ2) is 7.25. The Bertz CT molecular complexity index is 691. The van der Waals surface area contributed by atoms with Gasteiger partial charge in [-0.15, -0.1) is 5.10 Å². The first-order chi connectivity index (χ1) is 12.3. The average Bonchev–Trinajstić information content (AvgIpc) is 3.35. The number of rotatable bonds is 3. The second-order valence-corrected chi connectivity index (χ2v) is 7.13. The number of carbonyl (C=O) groups is 1. The predicted molar refractivity (Wildman–Crippen MR) is 96.7 cm³/mol. The van der Waals surface area contributed by atoms with E-state index in [0.29, 0.717) is 12.0 Å². The van der Waals surface area contributed by atoms with Gasteiger partial charge < -0.3 is 10.2 Å². The first kappa shape index (κ1) is 16.1. The molecule has 1 atom stereocenters. The average molecular weight is 339 g/mol. The molecule has 132 valence electrons. The Hall–Kier alpha value is -2.37. The minimum absolute atomic E-state index is 0.0431. The predicted octanol–water partition coefficient (Wildman–Crippen LogP) is 3.84. The Morgan fingerprint density at radius 2 is 1.84 bits per heavy atom. The van der Waals surface area contributed by atoms with Gasteiger partial charge in [0.15, 0.2) is 0 Å². The smallest absolute Gasteiger partial charge is 0.321 e. The zero-order chi connectivity index (χ0) is 17.1. The maximum absolute atomic E-state index is 12.8. The Morgan fingerprint density at radius 3 is 2.56 bits per heavy atom. The Kier molecular flexibility index (Phi) is 4.68. The molecule has 4 rings (SSSR count). The molecule has 6 heteroatoms. The molecule has 0 radical (unpaired) electrons. The molecule has 1 aliphatic heterocycles. The molecular formula is C19H25N5O. The maximum Gasteiger partial charge on any atom is 0.322 e. The fourth-order valence-corrected chi connectivity index (χ4v) is 4.29. The Balaban J connectivity index is 1.40. The van der Waals surface area contributed by atoms with E-state index in [-0.39, 0.29) is 6.03 Å². The minimum Gasteiger partial charge on any atom is -0.321 e. The molecule has 1 saturated carbocycles. The minimum atomic E-state index is 0.0431. The van der Waals surface area contributed by atoms with Gasteiger partial charge in [0.25, 0.3) is 0 Å². The molecule has 25 heavy (non-hydrogen) atoms. The van der Waals surface area contributed by atoms with Gasteiger partial charge in [0.2, 0.25) is 0 Å². The summed E-state index contributed by atoms with van der Waals surface area (Å²) in [6, 6.07) is 8.18. The lowest BCUT2D eigenvalue weighted by Crippen LogP contribution is -2.43. The molecule has 2 heterocycles. The van der Waals surface area contributed by atoms with E-state index >= 15 is 0 Å². The summed E-state index contributed by atoms with van der Waals surface area (Å²) >= 11 is 0. The fraction of sp³-hybridized carbons (Fsp3) is 0.526. The number of benzene rings is 1. The van der Waals surface area contributed by atoms with Gasteiger partial charge in [0.1, 0.15) is 0 Å². The summed E-state index contributed by atoms with van der Waals surface area (Å²) in [5, 5.41) is 10.9. The SMILES string of the molecule is O=C(Nc1ccc(-n2ccnn2)cc1)N1CCCC1C1CCCCC1. The lowest BCUT2D eigenvalue weighted by atomic mass is 9.83. The molecule has 1 saturated heterocycles. The molecule has 1 aromatic heterocycles. The van der Waals surface area contributed by atoms with Crippen molar-refractivity contribution in [3.63, 3.8) is 0 Å². The van der Waals surface area contributed by atoms with Crippen LogP contribution in [0.3, 0.4) is 0 Å². The van der Waals surface area contributed by atoms with Crippen LogP contribution in [0, 0.1) is 5.92 Å². The summed E-state index contributed by atoms with van der Waals surface area (Å²) < 4.78 is 1.70. The van der Waals surface area contributed by atoms with Crippen molar-refractivity contribution >= 4 is 11.7 Å². The van der Waals surface area contributed by atoms with Gasteiger partial charge in [-0.1, -0.05) is 24.5 Å². The van der Waals surface area contributed by atoms with E-state index in [1.165, 1.54) is 32.1 Å². The van der Waals surface area contributed by atoms with Crippen LogP contribution in [0.15, 0.2) is 36.7 Å². The van der Waals surface area contributed by atoms with Crippen LogP contribution in [0.4, 0.5) is 10.5 Å². The van der Waals surface area contributed by atoms with E-state index in [2.05, 4.69) is 20.5 Å². The third kappa shape index (κ3) is 3.52. The maximum atomic E-state index is 12.8. The van der Waals surface area contributed by atoms with Gasteiger partial charge in [-0.05, 0) is 55.9 Å². The van der Waals surface area contributed by atoms with Crippen LogP contribution in [0.5, 0.6) is 0 Å². The van der Waals surface area contributed by atoms with Gasteiger partial charge >= 0.3 is 6.03 Å². The molecule has 1 N–H and O–H groups in total. The molecule has 2 aromatic rings. The van der Waals surface area contributed by atoms with Crippen molar-refractivity contribution in [1.29, 1.82) is 0 Å². The first-order valence-electron chi connectivity index (χ1n) is 9.35. The fourth-order valence-electron chi connectivity index (χ4n) is 4.29. The number of amides is 2. The van der Waals surface area contributed by atoms with Crippen molar-refractivity contribution in [3.05, 3.63) is 36.7 Å². The summed E-state index contributed by atoms with van der Waals surface area (Å²) in [6.07, 6.45) is 12.3. The van der Waals surface area contributed by atoms with Gasteiger partial charge in [-0.3, -0.25) is 0 Å². The third-order valence-electron chi connectivity index (χ3n) is 5.56. The summed E-state index contributed by atoms with van der Waals surface area (Å²) in [5.41, 5.74) is 1.75. The normalized spacial score (nSPS) is 21.4. The number of hydrogen-bond acceptors (Lipinski definition) is 3. The number of anilines is 1. The number of nitrogens with one attached hydrogen (secondary N) is 1. The van der Waals surface area contributed by atoms with Gasteiger partial charge in [-0.2, -0.15) is 0 Å². The standard InChI is InChI=1S/C19H25N5O/c25-19(23-13-4-7-18(23)15-5-2-1-3-6-15)21-16-8-10-17(11-9-16)24-14-12-20-22-24/h8-12,14-15,18H,1-7,13H2,(H,21,25). The number of nitrogens with zero attached hydrogens (tertiary/aromatic N) is 4. The van der Waals surface area contributed by atoms with E-state index in [1.807, 2.05) is 24.3 Å². The monoisotopic (exact) mass is 339 g/mol. The number of urea groups is 1. The van der Waals surface area contributed by atoms with Gasteiger partial charge in [-0.25, -0.2) is 9.48 Å². The highest BCUT2D eigenvalue weighted by atomic mass is 16.2. The van der Waals surface area contributed by atoms with E-state index in [4.69, 9.17) is 0 Å². The van der Waals surface area contributed by atoms with Crippen molar-refractivity contribution < 1.29 is 4.79 Å². The van der Waals surface area contributed by atoms with Crippen LogP contribution < -0.4 is 5.32 Å². The molecule has 0 bridgehead atoms. The van der Waals surface area contributed by atoms with Crippen LogP contribution in [0.25, 0.3) is 5.69 Å². The molecule has 0 spiro atoms. The van der Waals surface area contributed by atoms with Crippen LogP contribution >= 0.6 is 0 Å². The molecule has 1 aromatic carbocycles. The van der Waals surface area contributed by atoms with E-state index in [9.17, 15) is 4.79 Å². The summed E-state index contributed by atoms with van der Waals surface area (Å²) in [4.78, 5) is 14.8. The zero-order valence-corrected chi connectivity index (χ0v) is 14.5. The quantitative estimate of drug-likeness (QED) is 0.924. The molecule has 1 aliphatic carbocycles. The molecule has 2 fully saturated rings. The number of hydrogen-bond donors (Lipinski definition) is 1. The molecular weight excluding hydrogens is 314 g/mol. The molecule has 2 aliphatic rings. The molecule has 2 amide bonds. The summed E-state index contributed by atoms with van der Waals surface area (Å²) in [5.74, 6) is 0.691. The number of aromatic nitrogens is 3. The van der Waals surface area contributed by atoms with Crippen LogP contribution in [-0.4, -0.2) is 38.5 Å². The lowest BCUT2D eigenvalue weighted by molar-refractivity contribution is 0.166. The van der Waals surface area contributed by atoms with Crippen molar-refractivity contribution in [2.45, 2.75) is 51.0 Å². The lowest BCUT2D eigenvalue weighted by Gasteiger charge is -2.34. The van der Waals surface area contributed by atoms with Crippen molar-refractivity contribution in [2.75, 3.05) is 11.9 Å². The Morgan fingerprint density at radius 1 is 1.04 bits per heavy atom. The molecule has 6 nitrogen and oxygen atoms in total. The van der Waals surface area contributed by atoms with E-state index in [1.54, 1.807) is 17.1 Å². The Labute approximate surface area is 148 Å². The largest absolute Gasteiger partial charge is 0.322 e. The highest BCUT2D eigenvalue weighted by Gasteiger charge is 2.35. The van der Waals surface area contributed by atoms with Crippen molar-refractivity contribution in [2.24, 2.45) is 5.92 Å². The first-order valence-corrected chi connectivity index (χ1v) is 9.35. The number of likely N-dealkylation sites (tertiary alicyclic amines) is 1. The highest BCUT2D eigenvalue weighted by molar-refractivity contribution is 5.89. The van der Waals surface area contributed by atoms with Gasteiger partial charge in [0, 0.05) is 18.3 Å². The van der Waals surface area contributed by atoms with Crippen molar-refractivity contribution in [3.8, 4) is 5.69 Å². The zero-order valence-electron chi connectivity index (χ0n) is 14.5. The second-order valence-electron chi connectivity index (χ2n) is 7.13. The van der Waals surface area contributed by atoms with E-state index < -0.39 is 0 Å². The highest BCUT2D eigenvalue weighted by Crippen LogP contribution is 2.34. The van der Waals surface area contributed by atoms with Crippen LogP contribution in [0.1, 0.15) is 44.9 Å². The van der Waals surface area contributed by atoms with Crippen LogP contribution in [-0.2, 0) is 0 Å². The number of carbonyl (C=O) groups excluding carboxylic acids is 1. The topological polar surface area (TPSA) is 63.1 Å². The van der Waals surface area contributed by atoms with E-state index in [0.717, 1.165) is 30.8 Å². The van der Waals surface area contributed by atoms with Crippen molar-refractivity contribution in [1.82, 2.24) is 19.9 Å². The summed E-state index contributed by atoms with van der Waals surface area (Å²) in [7, 11) is 0.